The van der Waals surface area contributed by atoms with Crippen LogP contribution < -0.4 is 0 Å². The molecule has 0 saturated heterocycles. The summed E-state index contributed by atoms with van der Waals surface area (Å²) < 4.78 is 0. The van der Waals surface area contributed by atoms with Crippen molar-refractivity contribution < 1.29 is 9.90 Å². The molecule has 22 heavy (non-hydrogen) atoms. The number of ketones is 1. The number of hydrogen-bond acceptors (Lipinski definition) is 2. The summed E-state index contributed by atoms with van der Waals surface area (Å²) in [6.45, 7) is 6.23. The topological polar surface area (TPSA) is 37.3 Å². The fourth-order valence-electron chi connectivity index (χ4n) is 6.44. The molecule has 0 bridgehead atoms. The molecule has 0 aromatic carbocycles. The minimum Gasteiger partial charge on any atom is -0.385 e. The van der Waals surface area contributed by atoms with Crippen LogP contribution in [0.15, 0.2) is 23.8 Å². The van der Waals surface area contributed by atoms with Crippen LogP contribution in [0, 0.1) is 23.2 Å². The van der Waals surface area contributed by atoms with Crippen molar-refractivity contribution in [3.63, 3.8) is 0 Å². The van der Waals surface area contributed by atoms with E-state index in [1.807, 2.05) is 6.08 Å². The molecule has 3 unspecified atom stereocenters. The lowest BCUT2D eigenvalue weighted by Gasteiger charge is -2.53. The van der Waals surface area contributed by atoms with Crippen molar-refractivity contribution in [1.29, 1.82) is 0 Å². The van der Waals surface area contributed by atoms with E-state index in [1.54, 1.807) is 5.57 Å². The Bertz CT molecular complexity index is 560. The van der Waals surface area contributed by atoms with Gasteiger partial charge in [-0.25, -0.2) is 0 Å². The van der Waals surface area contributed by atoms with E-state index in [-0.39, 0.29) is 5.41 Å². The molecule has 0 aromatic heterocycles. The van der Waals surface area contributed by atoms with Crippen molar-refractivity contribution in [1.82, 2.24) is 0 Å². The van der Waals surface area contributed by atoms with Gasteiger partial charge in [0.2, 0.25) is 0 Å². The van der Waals surface area contributed by atoms with E-state index in [9.17, 15) is 9.90 Å². The molecule has 2 saturated carbocycles. The van der Waals surface area contributed by atoms with Gasteiger partial charge in [0.15, 0.2) is 0 Å². The number of fused-ring (bicyclic) bond motifs is 4. The van der Waals surface area contributed by atoms with E-state index in [0.29, 0.717) is 17.6 Å². The standard InChI is InChI=1S/C20H28O2/c1-3-20(22)11-9-18-17-6-4-13-12-14(21)5-7-15(13)16(17)8-10-19(18,20)2/h3,16-18,22H,1,4-12H2,2H3/t16?,17?,18?,19-,20-/m0/s1. The highest BCUT2D eigenvalue weighted by molar-refractivity contribution is 5.82. The maximum Gasteiger partial charge on any atom is 0.137 e. The highest BCUT2D eigenvalue weighted by Crippen LogP contribution is 2.64. The Morgan fingerprint density at radius 3 is 2.77 bits per heavy atom. The third kappa shape index (κ3) is 1.79. The van der Waals surface area contributed by atoms with E-state index >= 15 is 0 Å². The molecule has 2 fully saturated rings. The third-order valence-electron chi connectivity index (χ3n) is 7.75. The number of carbonyl (C=O) groups excluding carboxylic acids is 1. The van der Waals surface area contributed by atoms with E-state index in [4.69, 9.17) is 0 Å². The summed E-state index contributed by atoms with van der Waals surface area (Å²) in [6, 6.07) is 0. The molecule has 0 aliphatic heterocycles. The van der Waals surface area contributed by atoms with Crippen LogP contribution in [0.1, 0.15) is 64.7 Å². The third-order valence-corrected chi connectivity index (χ3v) is 7.75. The number of allylic oxidation sites excluding steroid dienone is 2. The van der Waals surface area contributed by atoms with Crippen LogP contribution in [0.2, 0.25) is 0 Å². The van der Waals surface area contributed by atoms with Gasteiger partial charge in [0.05, 0.1) is 5.60 Å². The Morgan fingerprint density at radius 1 is 1.18 bits per heavy atom. The average Bonchev–Trinajstić information content (AvgIpc) is 2.79. The summed E-state index contributed by atoms with van der Waals surface area (Å²) in [5.74, 6) is 2.49. The molecule has 4 aliphatic rings. The van der Waals surface area contributed by atoms with Crippen molar-refractivity contribution in [3.05, 3.63) is 23.8 Å². The highest BCUT2D eigenvalue weighted by atomic mass is 16.3. The Kier molecular flexibility index (Phi) is 3.21. The minimum absolute atomic E-state index is 0.0124. The first-order valence-corrected chi connectivity index (χ1v) is 9.07. The van der Waals surface area contributed by atoms with Gasteiger partial charge in [0.25, 0.3) is 0 Å². The van der Waals surface area contributed by atoms with Gasteiger partial charge in [-0.05, 0) is 62.7 Å². The molecular weight excluding hydrogens is 272 g/mol. The number of Topliss-reactive ketones (excluding diaryl/α,β-unsaturated/α-hetero) is 1. The van der Waals surface area contributed by atoms with Crippen LogP contribution in [-0.4, -0.2) is 16.5 Å². The van der Waals surface area contributed by atoms with E-state index < -0.39 is 5.60 Å². The molecule has 0 heterocycles. The van der Waals surface area contributed by atoms with E-state index in [1.165, 1.54) is 18.4 Å². The van der Waals surface area contributed by atoms with Crippen molar-refractivity contribution in [2.75, 3.05) is 0 Å². The summed E-state index contributed by atoms with van der Waals surface area (Å²) in [5.41, 5.74) is 2.48. The number of carbonyl (C=O) groups is 1. The molecule has 0 amide bonds. The second kappa shape index (κ2) is 4.80. The maximum absolute atomic E-state index is 11.8. The van der Waals surface area contributed by atoms with Crippen LogP contribution in [0.25, 0.3) is 0 Å². The van der Waals surface area contributed by atoms with Gasteiger partial charge in [-0.1, -0.05) is 24.1 Å². The first-order valence-electron chi connectivity index (χ1n) is 9.07. The van der Waals surface area contributed by atoms with Gasteiger partial charge >= 0.3 is 0 Å². The summed E-state index contributed by atoms with van der Waals surface area (Å²) >= 11 is 0. The van der Waals surface area contributed by atoms with Gasteiger partial charge in [0.1, 0.15) is 5.78 Å². The van der Waals surface area contributed by atoms with Crippen molar-refractivity contribution in [2.45, 2.75) is 70.3 Å². The molecule has 0 spiro atoms. The predicted octanol–water partition coefficient (Wildman–Crippen LogP) is 4.19. The second-order valence-corrected chi connectivity index (χ2v) is 8.38. The molecule has 2 nitrogen and oxygen atoms in total. The van der Waals surface area contributed by atoms with Gasteiger partial charge in [0, 0.05) is 18.3 Å². The predicted molar refractivity (Wildman–Crippen MR) is 87.3 cm³/mol. The zero-order valence-corrected chi connectivity index (χ0v) is 13.7. The van der Waals surface area contributed by atoms with Gasteiger partial charge in [-0.2, -0.15) is 0 Å². The first kappa shape index (κ1) is 14.7. The lowest BCUT2D eigenvalue weighted by Crippen LogP contribution is -2.50. The largest absolute Gasteiger partial charge is 0.385 e. The molecule has 4 aliphatic carbocycles. The Hall–Kier alpha value is -0.890. The zero-order valence-electron chi connectivity index (χ0n) is 13.7. The van der Waals surface area contributed by atoms with Crippen molar-refractivity contribution in [2.24, 2.45) is 23.2 Å². The Labute approximate surface area is 133 Å². The molecule has 1 N–H and O–H groups in total. The highest BCUT2D eigenvalue weighted by Gasteiger charge is 2.60. The molecule has 0 radical (unpaired) electrons. The first-order chi connectivity index (χ1) is 10.5. The SMILES string of the molecule is C=C[C@]1(O)CCC2C3CCC4=C(CCC(=O)C4)C3CC[C@@]21C. The molecule has 2 heteroatoms. The van der Waals surface area contributed by atoms with Crippen LogP contribution in [0.5, 0.6) is 0 Å². The lowest BCUT2D eigenvalue weighted by atomic mass is 9.52. The summed E-state index contributed by atoms with van der Waals surface area (Å²) in [7, 11) is 0. The fraction of sp³-hybridized carbons (Fsp3) is 0.750. The van der Waals surface area contributed by atoms with E-state index in [0.717, 1.165) is 50.9 Å². The number of hydrogen-bond donors (Lipinski definition) is 1. The van der Waals surface area contributed by atoms with Crippen molar-refractivity contribution in [3.8, 4) is 0 Å². The summed E-state index contributed by atoms with van der Waals surface area (Å²) in [6.07, 6.45) is 11.0. The maximum atomic E-state index is 11.8. The second-order valence-electron chi connectivity index (χ2n) is 8.38. The quantitative estimate of drug-likeness (QED) is 0.737. The van der Waals surface area contributed by atoms with Crippen LogP contribution in [0.4, 0.5) is 0 Å². The minimum atomic E-state index is -0.667. The molecular formula is C20H28O2. The summed E-state index contributed by atoms with van der Waals surface area (Å²) in [4.78, 5) is 11.8. The van der Waals surface area contributed by atoms with Gasteiger partial charge in [-0.3, -0.25) is 4.79 Å². The van der Waals surface area contributed by atoms with Gasteiger partial charge < -0.3 is 5.11 Å². The number of aliphatic hydroxyl groups is 1. The van der Waals surface area contributed by atoms with E-state index in [2.05, 4.69) is 13.5 Å². The monoisotopic (exact) mass is 300 g/mol. The zero-order chi connectivity index (χ0) is 15.5. The summed E-state index contributed by atoms with van der Waals surface area (Å²) in [5, 5.41) is 11.0. The van der Waals surface area contributed by atoms with Gasteiger partial charge in [-0.15, -0.1) is 6.58 Å². The molecule has 0 aromatic rings. The van der Waals surface area contributed by atoms with Crippen molar-refractivity contribution >= 4 is 5.78 Å². The fourth-order valence-corrected chi connectivity index (χ4v) is 6.44. The Balaban J connectivity index is 1.67. The van der Waals surface area contributed by atoms with Crippen LogP contribution in [0.3, 0.4) is 0 Å². The normalized spacial score (nSPS) is 47.7. The number of rotatable bonds is 1. The average molecular weight is 300 g/mol. The van der Waals surface area contributed by atoms with Crippen LogP contribution >= 0.6 is 0 Å². The molecule has 5 atom stereocenters. The molecule has 4 rings (SSSR count). The van der Waals surface area contributed by atoms with Crippen LogP contribution in [-0.2, 0) is 4.79 Å². The lowest BCUT2D eigenvalue weighted by molar-refractivity contribution is -0.119. The Morgan fingerprint density at radius 2 is 2.00 bits per heavy atom. The smallest absolute Gasteiger partial charge is 0.137 e. The molecule has 120 valence electrons.